The topological polar surface area (TPSA) is 29.5 Å². The van der Waals surface area contributed by atoms with Crippen LogP contribution in [-0.4, -0.2) is 17.8 Å². The Hall–Kier alpha value is -0.860. The summed E-state index contributed by atoms with van der Waals surface area (Å²) in [5.74, 6) is 0. The number of aliphatic hydroxyl groups is 1. The Kier molecular flexibility index (Phi) is 4.87. The molecule has 2 heteroatoms. The van der Waals surface area contributed by atoms with Gasteiger partial charge in [0.15, 0.2) is 0 Å². The van der Waals surface area contributed by atoms with Gasteiger partial charge in [-0.1, -0.05) is 0 Å². The number of rotatable bonds is 4. The maximum Gasteiger partial charge on any atom is 0.0796 e. The van der Waals surface area contributed by atoms with Crippen molar-refractivity contribution in [2.45, 2.75) is 72.5 Å². The maximum absolute atomic E-state index is 10.6. The van der Waals surface area contributed by atoms with Crippen LogP contribution in [0.2, 0.25) is 0 Å². The van der Waals surface area contributed by atoms with Crippen molar-refractivity contribution >= 4 is 0 Å². The molecule has 0 bridgehead atoms. The zero-order valence-electron chi connectivity index (χ0n) is 13.5. The van der Waals surface area contributed by atoms with Crippen molar-refractivity contribution in [3.05, 3.63) is 33.4 Å². The van der Waals surface area contributed by atoms with Crippen LogP contribution in [0.5, 0.6) is 0 Å². The van der Waals surface area contributed by atoms with Crippen molar-refractivity contribution in [1.29, 1.82) is 0 Å². The molecule has 2 unspecified atom stereocenters. The average molecular weight is 276 g/mol. The molecule has 1 aromatic carbocycles. The first kappa shape index (κ1) is 15.5. The van der Waals surface area contributed by atoms with Crippen LogP contribution in [0.1, 0.15) is 65.2 Å². The minimum Gasteiger partial charge on any atom is -0.388 e. The van der Waals surface area contributed by atoms with E-state index in [1.54, 1.807) is 0 Å². The summed E-state index contributed by atoms with van der Waals surface area (Å²) in [7, 11) is 0. The van der Waals surface area contributed by atoms with Gasteiger partial charge in [-0.05, 0) is 93.7 Å². The molecule has 0 saturated carbocycles. The molecule has 1 saturated heterocycles. The third kappa shape index (κ3) is 2.91. The normalized spacial score (nSPS) is 20.4. The van der Waals surface area contributed by atoms with Gasteiger partial charge in [0, 0.05) is 6.61 Å². The second kappa shape index (κ2) is 6.28. The van der Waals surface area contributed by atoms with Gasteiger partial charge < -0.3 is 9.84 Å². The highest BCUT2D eigenvalue weighted by Crippen LogP contribution is 2.33. The molecule has 0 aliphatic carbocycles. The lowest BCUT2D eigenvalue weighted by Gasteiger charge is -2.23. The Labute approximate surface area is 123 Å². The lowest BCUT2D eigenvalue weighted by Crippen LogP contribution is -2.11. The van der Waals surface area contributed by atoms with E-state index in [9.17, 15) is 5.11 Å². The number of hydrogen-bond donors (Lipinski definition) is 1. The summed E-state index contributed by atoms with van der Waals surface area (Å²) < 4.78 is 5.66. The molecule has 1 N–H and O–H groups in total. The fourth-order valence-electron chi connectivity index (χ4n) is 3.39. The van der Waals surface area contributed by atoms with Crippen LogP contribution in [-0.2, 0) is 4.74 Å². The fourth-order valence-corrected chi connectivity index (χ4v) is 3.39. The SMILES string of the molecule is Cc1c(C)c(C)c(C(O)CCC2CCCO2)c(C)c1C. The van der Waals surface area contributed by atoms with E-state index >= 15 is 0 Å². The Morgan fingerprint density at radius 2 is 1.55 bits per heavy atom. The van der Waals surface area contributed by atoms with Crippen LogP contribution in [0.4, 0.5) is 0 Å². The summed E-state index contributed by atoms with van der Waals surface area (Å²) in [5.41, 5.74) is 7.65. The van der Waals surface area contributed by atoms with Crippen LogP contribution in [0.3, 0.4) is 0 Å². The molecule has 1 fully saturated rings. The highest BCUT2D eigenvalue weighted by molar-refractivity contribution is 5.50. The van der Waals surface area contributed by atoms with Gasteiger partial charge in [-0.2, -0.15) is 0 Å². The van der Waals surface area contributed by atoms with Gasteiger partial charge in [0.25, 0.3) is 0 Å². The Balaban J connectivity index is 2.18. The summed E-state index contributed by atoms with van der Waals surface area (Å²) in [5, 5.41) is 10.6. The fraction of sp³-hybridized carbons (Fsp3) is 0.667. The zero-order valence-corrected chi connectivity index (χ0v) is 13.5. The predicted molar refractivity (Wildman–Crippen MR) is 83.3 cm³/mol. The Bertz CT molecular complexity index is 456. The largest absolute Gasteiger partial charge is 0.388 e. The van der Waals surface area contributed by atoms with Crippen LogP contribution in [0.15, 0.2) is 0 Å². The van der Waals surface area contributed by atoms with Crippen LogP contribution >= 0.6 is 0 Å². The first-order valence-electron chi connectivity index (χ1n) is 7.80. The molecule has 2 atom stereocenters. The third-order valence-corrected chi connectivity index (χ3v) is 5.18. The molecular weight excluding hydrogens is 248 g/mol. The van der Waals surface area contributed by atoms with Crippen molar-refractivity contribution in [2.24, 2.45) is 0 Å². The first-order chi connectivity index (χ1) is 9.43. The number of benzene rings is 1. The summed E-state index contributed by atoms with van der Waals surface area (Å²) >= 11 is 0. The van der Waals surface area contributed by atoms with Crippen molar-refractivity contribution < 1.29 is 9.84 Å². The molecule has 1 aromatic rings. The second-order valence-electron chi connectivity index (χ2n) is 6.27. The van der Waals surface area contributed by atoms with E-state index in [2.05, 4.69) is 34.6 Å². The van der Waals surface area contributed by atoms with Gasteiger partial charge >= 0.3 is 0 Å². The molecule has 20 heavy (non-hydrogen) atoms. The van der Waals surface area contributed by atoms with E-state index in [1.807, 2.05) is 0 Å². The molecule has 2 rings (SSSR count). The molecule has 1 aliphatic heterocycles. The van der Waals surface area contributed by atoms with E-state index in [-0.39, 0.29) is 6.10 Å². The lowest BCUT2D eigenvalue weighted by molar-refractivity contribution is 0.0809. The van der Waals surface area contributed by atoms with Crippen LogP contribution in [0.25, 0.3) is 0 Å². The van der Waals surface area contributed by atoms with Crippen molar-refractivity contribution in [1.82, 2.24) is 0 Å². The van der Waals surface area contributed by atoms with Gasteiger partial charge in [-0.15, -0.1) is 0 Å². The van der Waals surface area contributed by atoms with E-state index < -0.39 is 0 Å². The van der Waals surface area contributed by atoms with Gasteiger partial charge in [0.1, 0.15) is 0 Å². The molecule has 0 amide bonds. The Morgan fingerprint density at radius 1 is 1.00 bits per heavy atom. The van der Waals surface area contributed by atoms with Crippen molar-refractivity contribution in [2.75, 3.05) is 6.61 Å². The van der Waals surface area contributed by atoms with E-state index in [0.29, 0.717) is 6.10 Å². The highest BCUT2D eigenvalue weighted by atomic mass is 16.5. The minimum absolute atomic E-state index is 0.359. The van der Waals surface area contributed by atoms with Gasteiger partial charge in [0.2, 0.25) is 0 Å². The van der Waals surface area contributed by atoms with E-state index in [4.69, 9.17) is 4.74 Å². The smallest absolute Gasteiger partial charge is 0.0796 e. The predicted octanol–water partition coefficient (Wildman–Crippen LogP) is 4.22. The lowest BCUT2D eigenvalue weighted by atomic mass is 9.86. The molecule has 0 aromatic heterocycles. The van der Waals surface area contributed by atoms with E-state index in [1.165, 1.54) is 34.2 Å². The highest BCUT2D eigenvalue weighted by Gasteiger charge is 2.21. The zero-order chi connectivity index (χ0) is 14.9. The average Bonchev–Trinajstić information content (AvgIpc) is 2.94. The summed E-state index contributed by atoms with van der Waals surface area (Å²) in [6.45, 7) is 11.7. The monoisotopic (exact) mass is 276 g/mol. The molecule has 0 radical (unpaired) electrons. The molecule has 1 heterocycles. The van der Waals surface area contributed by atoms with Gasteiger partial charge in [0.05, 0.1) is 12.2 Å². The second-order valence-corrected chi connectivity index (χ2v) is 6.27. The van der Waals surface area contributed by atoms with Gasteiger partial charge in [-0.3, -0.25) is 0 Å². The molecule has 1 aliphatic rings. The third-order valence-electron chi connectivity index (χ3n) is 5.18. The summed E-state index contributed by atoms with van der Waals surface area (Å²) in [6.07, 6.45) is 4.08. The van der Waals surface area contributed by atoms with Crippen molar-refractivity contribution in [3.63, 3.8) is 0 Å². The number of ether oxygens (including phenoxy) is 1. The quantitative estimate of drug-likeness (QED) is 0.892. The molecule has 0 spiro atoms. The first-order valence-corrected chi connectivity index (χ1v) is 7.80. The van der Waals surface area contributed by atoms with Gasteiger partial charge in [-0.25, -0.2) is 0 Å². The van der Waals surface area contributed by atoms with Crippen molar-refractivity contribution in [3.8, 4) is 0 Å². The summed E-state index contributed by atoms with van der Waals surface area (Å²) in [4.78, 5) is 0. The molecule has 112 valence electrons. The molecule has 2 nitrogen and oxygen atoms in total. The van der Waals surface area contributed by atoms with Crippen LogP contribution < -0.4 is 0 Å². The standard InChI is InChI=1S/C18H28O2/c1-11-12(2)14(4)18(15(5)13(11)3)17(19)9-8-16-7-6-10-20-16/h16-17,19H,6-10H2,1-5H3. The number of hydrogen-bond acceptors (Lipinski definition) is 2. The minimum atomic E-state index is -0.364. The van der Waals surface area contributed by atoms with Crippen LogP contribution in [0, 0.1) is 34.6 Å². The number of aliphatic hydroxyl groups excluding tert-OH is 1. The Morgan fingerprint density at radius 3 is 2.05 bits per heavy atom. The summed E-state index contributed by atoms with van der Waals surface area (Å²) in [6, 6.07) is 0. The molecular formula is C18H28O2. The van der Waals surface area contributed by atoms with E-state index in [0.717, 1.165) is 31.4 Å². The maximum atomic E-state index is 10.6.